The van der Waals surface area contributed by atoms with Crippen molar-refractivity contribution in [1.29, 1.82) is 0 Å². The molecular weight excluding hydrogens is 376 g/mol. The number of benzene rings is 1. The van der Waals surface area contributed by atoms with Gasteiger partial charge < -0.3 is 14.9 Å². The van der Waals surface area contributed by atoms with Gasteiger partial charge in [0.2, 0.25) is 5.91 Å². The molecule has 1 aliphatic rings. The first-order valence-electron chi connectivity index (χ1n) is 10.3. The summed E-state index contributed by atoms with van der Waals surface area (Å²) in [6, 6.07) is 8.10. The van der Waals surface area contributed by atoms with Crippen molar-refractivity contribution >= 4 is 16.8 Å². The van der Waals surface area contributed by atoms with Crippen molar-refractivity contribution < 1.29 is 4.79 Å². The molecule has 7 nitrogen and oxygen atoms in total. The van der Waals surface area contributed by atoms with Crippen LogP contribution in [0.1, 0.15) is 35.7 Å². The SMILES string of the molecule is Cc1cnc(-c2nccnc2C2CCCN(C(=O)Cc3c[nH]c4ccccc34)C2)[nH]1. The summed E-state index contributed by atoms with van der Waals surface area (Å²) in [4.78, 5) is 35.2. The second kappa shape index (κ2) is 7.74. The molecule has 152 valence electrons. The maximum Gasteiger partial charge on any atom is 0.227 e. The van der Waals surface area contributed by atoms with Crippen molar-refractivity contribution in [2.45, 2.75) is 32.1 Å². The number of carbonyl (C=O) groups excluding carboxylic acids is 1. The predicted molar refractivity (Wildman–Crippen MR) is 115 cm³/mol. The smallest absolute Gasteiger partial charge is 0.227 e. The van der Waals surface area contributed by atoms with E-state index in [1.165, 1.54) is 0 Å². The summed E-state index contributed by atoms with van der Waals surface area (Å²) in [6.07, 6.45) is 9.51. The number of nitrogens with zero attached hydrogens (tertiary/aromatic N) is 4. The molecule has 3 aromatic heterocycles. The molecule has 1 fully saturated rings. The maximum atomic E-state index is 13.1. The topological polar surface area (TPSA) is 90.6 Å². The van der Waals surface area contributed by atoms with Crippen LogP contribution in [-0.4, -0.2) is 48.8 Å². The zero-order valence-electron chi connectivity index (χ0n) is 16.9. The van der Waals surface area contributed by atoms with Gasteiger partial charge in [0, 0.05) is 60.4 Å². The number of aromatic amines is 2. The number of fused-ring (bicyclic) bond motifs is 1. The summed E-state index contributed by atoms with van der Waals surface area (Å²) in [5.74, 6) is 1.04. The second-order valence-electron chi connectivity index (χ2n) is 7.92. The van der Waals surface area contributed by atoms with Gasteiger partial charge in [-0.15, -0.1) is 0 Å². The summed E-state index contributed by atoms with van der Waals surface area (Å²) in [5, 5.41) is 1.11. The fourth-order valence-corrected chi connectivity index (χ4v) is 4.34. The Morgan fingerprint density at radius 2 is 2.07 bits per heavy atom. The van der Waals surface area contributed by atoms with Crippen molar-refractivity contribution in [2.75, 3.05) is 13.1 Å². The van der Waals surface area contributed by atoms with Crippen LogP contribution in [0, 0.1) is 6.92 Å². The molecule has 0 bridgehead atoms. The van der Waals surface area contributed by atoms with Gasteiger partial charge >= 0.3 is 0 Å². The molecule has 1 aromatic carbocycles. The van der Waals surface area contributed by atoms with Crippen LogP contribution in [0.4, 0.5) is 0 Å². The lowest BCUT2D eigenvalue weighted by Crippen LogP contribution is -2.40. The number of rotatable bonds is 4. The molecule has 1 unspecified atom stereocenters. The first-order valence-corrected chi connectivity index (χ1v) is 10.3. The van der Waals surface area contributed by atoms with Crippen LogP contribution in [-0.2, 0) is 11.2 Å². The highest BCUT2D eigenvalue weighted by Crippen LogP contribution is 2.31. The summed E-state index contributed by atoms with van der Waals surface area (Å²) in [6.45, 7) is 3.41. The number of H-pyrrole nitrogens is 2. The molecular formula is C23H24N6O. The van der Waals surface area contributed by atoms with Crippen LogP contribution >= 0.6 is 0 Å². The van der Waals surface area contributed by atoms with Gasteiger partial charge in [0.15, 0.2) is 5.82 Å². The fourth-order valence-electron chi connectivity index (χ4n) is 4.34. The van der Waals surface area contributed by atoms with Crippen LogP contribution in [0.5, 0.6) is 0 Å². The number of amides is 1. The molecule has 1 saturated heterocycles. The van der Waals surface area contributed by atoms with Crippen LogP contribution in [0.15, 0.2) is 49.1 Å². The van der Waals surface area contributed by atoms with Crippen LogP contribution in [0.3, 0.4) is 0 Å². The van der Waals surface area contributed by atoms with Crippen LogP contribution in [0.25, 0.3) is 22.4 Å². The van der Waals surface area contributed by atoms with E-state index in [4.69, 9.17) is 0 Å². The molecule has 0 aliphatic carbocycles. The first kappa shape index (κ1) is 18.5. The number of para-hydroxylation sites is 1. The van der Waals surface area contributed by atoms with Gasteiger partial charge in [0.05, 0.1) is 12.1 Å². The standard InChI is InChI=1S/C23H24N6O/c1-15-12-27-23(28-15)22-21(24-8-9-25-22)16-5-4-10-29(14-16)20(30)11-17-13-26-19-7-3-2-6-18(17)19/h2-3,6-9,12-13,16,26H,4-5,10-11,14H2,1H3,(H,27,28). The van der Waals surface area contributed by atoms with Gasteiger partial charge in [0.1, 0.15) is 5.69 Å². The number of nitrogens with one attached hydrogen (secondary N) is 2. The van der Waals surface area contributed by atoms with Crippen LogP contribution in [0.2, 0.25) is 0 Å². The number of carbonyl (C=O) groups is 1. The quantitative estimate of drug-likeness (QED) is 0.548. The van der Waals surface area contributed by atoms with Gasteiger partial charge in [-0.1, -0.05) is 18.2 Å². The van der Waals surface area contributed by atoms with E-state index in [-0.39, 0.29) is 11.8 Å². The predicted octanol–water partition coefficient (Wildman–Crippen LogP) is 3.61. The van der Waals surface area contributed by atoms with E-state index in [2.05, 4.69) is 31.0 Å². The Morgan fingerprint density at radius 1 is 1.20 bits per heavy atom. The minimum absolute atomic E-state index is 0.153. The van der Waals surface area contributed by atoms with E-state index in [1.807, 2.05) is 36.2 Å². The third-order valence-electron chi connectivity index (χ3n) is 5.83. The van der Waals surface area contributed by atoms with Gasteiger partial charge in [0.25, 0.3) is 0 Å². The van der Waals surface area contributed by atoms with Crippen molar-refractivity contribution in [3.05, 3.63) is 66.0 Å². The number of hydrogen-bond donors (Lipinski definition) is 2. The Hall–Kier alpha value is -3.48. The highest BCUT2D eigenvalue weighted by molar-refractivity contribution is 5.89. The Kier molecular flexibility index (Phi) is 4.78. The normalized spacial score (nSPS) is 16.8. The van der Waals surface area contributed by atoms with Gasteiger partial charge in [-0.05, 0) is 31.4 Å². The average molecular weight is 400 g/mol. The van der Waals surface area contributed by atoms with Gasteiger partial charge in [-0.25, -0.2) is 9.97 Å². The number of likely N-dealkylation sites (tertiary alicyclic amines) is 1. The molecule has 1 aliphatic heterocycles. The number of imidazole rings is 1. The second-order valence-corrected chi connectivity index (χ2v) is 7.92. The summed E-state index contributed by atoms with van der Waals surface area (Å²) in [5.41, 5.74) is 4.79. The average Bonchev–Trinajstić information content (AvgIpc) is 3.40. The number of hydrogen-bond acceptors (Lipinski definition) is 4. The lowest BCUT2D eigenvalue weighted by Gasteiger charge is -2.33. The third-order valence-corrected chi connectivity index (χ3v) is 5.83. The van der Waals surface area contributed by atoms with E-state index < -0.39 is 0 Å². The zero-order chi connectivity index (χ0) is 20.5. The van der Waals surface area contributed by atoms with E-state index in [9.17, 15) is 4.79 Å². The lowest BCUT2D eigenvalue weighted by molar-refractivity contribution is -0.131. The lowest BCUT2D eigenvalue weighted by atomic mass is 9.92. The van der Waals surface area contributed by atoms with Crippen molar-refractivity contribution in [3.8, 4) is 11.5 Å². The largest absolute Gasteiger partial charge is 0.361 e. The highest BCUT2D eigenvalue weighted by atomic mass is 16.2. The Morgan fingerprint density at radius 3 is 2.93 bits per heavy atom. The van der Waals surface area contributed by atoms with Gasteiger partial charge in [-0.2, -0.15) is 0 Å². The van der Waals surface area contributed by atoms with E-state index in [0.717, 1.165) is 58.8 Å². The Bertz CT molecular complexity index is 1190. The van der Waals surface area contributed by atoms with Crippen molar-refractivity contribution in [3.63, 3.8) is 0 Å². The molecule has 1 atom stereocenters. The Labute approximate surface area is 174 Å². The highest BCUT2D eigenvalue weighted by Gasteiger charge is 2.28. The summed E-state index contributed by atoms with van der Waals surface area (Å²) in [7, 11) is 0. The summed E-state index contributed by atoms with van der Waals surface area (Å²) < 4.78 is 0. The molecule has 1 amide bonds. The van der Waals surface area contributed by atoms with Crippen LogP contribution < -0.4 is 0 Å². The molecule has 0 saturated carbocycles. The molecule has 0 spiro atoms. The molecule has 7 heteroatoms. The van der Waals surface area contributed by atoms with E-state index in [1.54, 1.807) is 18.6 Å². The number of aryl methyl sites for hydroxylation is 1. The Balaban J connectivity index is 1.36. The van der Waals surface area contributed by atoms with Gasteiger partial charge in [-0.3, -0.25) is 9.78 Å². The van der Waals surface area contributed by atoms with Crippen molar-refractivity contribution in [2.24, 2.45) is 0 Å². The summed E-state index contributed by atoms with van der Waals surface area (Å²) >= 11 is 0. The molecule has 0 radical (unpaired) electrons. The van der Waals surface area contributed by atoms with Crippen molar-refractivity contribution in [1.82, 2.24) is 29.8 Å². The number of piperidine rings is 1. The first-order chi connectivity index (χ1) is 14.7. The molecule has 2 N–H and O–H groups in total. The minimum Gasteiger partial charge on any atom is -0.361 e. The van der Waals surface area contributed by atoms with E-state index >= 15 is 0 Å². The minimum atomic E-state index is 0.153. The number of aromatic nitrogens is 5. The molecule has 30 heavy (non-hydrogen) atoms. The third kappa shape index (κ3) is 3.47. The maximum absolute atomic E-state index is 13.1. The monoisotopic (exact) mass is 400 g/mol. The van der Waals surface area contributed by atoms with E-state index in [0.29, 0.717) is 13.0 Å². The molecule has 4 aromatic rings. The molecule has 5 rings (SSSR count). The fraction of sp³-hybridized carbons (Fsp3) is 0.304. The zero-order valence-corrected chi connectivity index (χ0v) is 16.9. The molecule has 4 heterocycles.